The summed E-state index contributed by atoms with van der Waals surface area (Å²) in [5.41, 5.74) is -0.338. The van der Waals surface area contributed by atoms with Gasteiger partial charge in [0.25, 0.3) is 60.7 Å². The van der Waals surface area contributed by atoms with Crippen LogP contribution in [0.25, 0.3) is 43.8 Å². The van der Waals surface area contributed by atoms with Crippen LogP contribution in [0.1, 0.15) is 0 Å². The Morgan fingerprint density at radius 2 is 0.717 bits per heavy atom. The normalized spacial score (nSPS) is 13.0. The van der Waals surface area contributed by atoms with Gasteiger partial charge in [0, 0.05) is 32.9 Å². The quantitative estimate of drug-likeness (QED) is 0.0879. The van der Waals surface area contributed by atoms with Crippen LogP contribution < -0.4 is 10.6 Å². The van der Waals surface area contributed by atoms with E-state index in [1.54, 1.807) is 0 Å². The second-order valence-corrected chi connectivity index (χ2v) is 20.9. The van der Waals surface area contributed by atoms with Crippen LogP contribution in [0, 0.1) is 0 Å². The molecule has 6 aromatic carbocycles. The Bertz CT molecular complexity index is 3320. The second kappa shape index (κ2) is 14.9. The summed E-state index contributed by atoms with van der Waals surface area (Å²) in [4.78, 5) is 6.63. The third-order valence-electron chi connectivity index (χ3n) is 8.59. The van der Waals surface area contributed by atoms with Gasteiger partial charge in [0.15, 0.2) is 0 Å². The van der Waals surface area contributed by atoms with Crippen molar-refractivity contribution in [2.75, 3.05) is 10.6 Å². The van der Waals surface area contributed by atoms with Gasteiger partial charge in [-0.2, -0.15) is 50.5 Å². The van der Waals surface area contributed by atoms with Gasteiger partial charge >= 0.3 is 6.03 Å². The molecule has 316 valence electrons. The summed E-state index contributed by atoms with van der Waals surface area (Å²) in [5.74, 6) is 0. The largest absolute Gasteiger partial charge is 0.323 e. The standard InChI is InChI=1S/C33H24N2O19S6/c36-33(34-19-5-1-3-17(11-19)23-7-9-27(57(43,44)45)25-13-21(55(37,38)39)15-29(31(23)25)59(49,50)51)35-20-6-2-4-18(12-20)24-8-10-28(58(46,47)48)26-14-22(56(40,41)42)16-30(32(24)26)60(52,53)54/h1-16H,(H2,34,35,36)(H,37,38,39)(H,40,41,42)(H,43,44,45)(H,46,47,48)(H,49,50,51)(H,52,53,54). The summed E-state index contributed by atoms with van der Waals surface area (Å²) in [6, 6.07) is 15.0. The highest BCUT2D eigenvalue weighted by molar-refractivity contribution is 7.88. The summed E-state index contributed by atoms with van der Waals surface area (Å²) in [6.07, 6.45) is 0. The summed E-state index contributed by atoms with van der Waals surface area (Å²) in [7, 11) is -31.5. The number of fused-ring (bicyclic) bond motifs is 2. The molecule has 6 aromatic rings. The molecule has 27 heteroatoms. The Morgan fingerprint density at radius 1 is 0.383 bits per heavy atom. The predicted octanol–water partition coefficient (Wildman–Crippen LogP) is 4.45. The van der Waals surface area contributed by atoms with Crippen molar-refractivity contribution in [3.05, 3.63) is 97.1 Å². The van der Waals surface area contributed by atoms with Crippen molar-refractivity contribution in [3.63, 3.8) is 0 Å². The van der Waals surface area contributed by atoms with Crippen molar-refractivity contribution in [1.29, 1.82) is 0 Å². The lowest BCUT2D eigenvalue weighted by Gasteiger charge is -2.16. The zero-order valence-corrected chi connectivity index (χ0v) is 34.1. The molecule has 21 nitrogen and oxygen atoms in total. The predicted molar refractivity (Wildman–Crippen MR) is 210 cm³/mol. The lowest BCUT2D eigenvalue weighted by molar-refractivity contribution is 0.262. The number of carbonyl (C=O) groups excluding carboxylic acids is 1. The number of anilines is 2. The molecule has 6 rings (SSSR count). The van der Waals surface area contributed by atoms with Gasteiger partial charge in [-0.05, 0) is 82.9 Å². The lowest BCUT2D eigenvalue weighted by Crippen LogP contribution is -2.19. The van der Waals surface area contributed by atoms with E-state index in [2.05, 4.69) is 10.6 Å². The van der Waals surface area contributed by atoms with Gasteiger partial charge in [-0.1, -0.05) is 36.4 Å². The molecule has 0 bridgehead atoms. The minimum atomic E-state index is -5.38. The second-order valence-electron chi connectivity index (χ2n) is 12.5. The third-order valence-corrected chi connectivity index (χ3v) is 13.8. The molecule has 0 aliphatic rings. The highest BCUT2D eigenvalue weighted by Gasteiger charge is 2.29. The van der Waals surface area contributed by atoms with Crippen LogP contribution in [-0.2, 0) is 60.7 Å². The Labute approximate surface area is 339 Å². The number of urea groups is 1. The van der Waals surface area contributed by atoms with Gasteiger partial charge in [-0.15, -0.1) is 0 Å². The first-order valence-electron chi connectivity index (χ1n) is 15.8. The minimum Gasteiger partial charge on any atom is -0.308 e. The van der Waals surface area contributed by atoms with Gasteiger partial charge in [-0.3, -0.25) is 27.3 Å². The van der Waals surface area contributed by atoms with Crippen molar-refractivity contribution in [1.82, 2.24) is 0 Å². The fourth-order valence-electron chi connectivity index (χ4n) is 6.25. The van der Waals surface area contributed by atoms with E-state index in [1.807, 2.05) is 0 Å². The maximum atomic E-state index is 13.2. The zero-order valence-electron chi connectivity index (χ0n) is 29.2. The maximum Gasteiger partial charge on any atom is 0.323 e. The van der Waals surface area contributed by atoms with E-state index in [1.165, 1.54) is 48.5 Å². The average Bonchev–Trinajstić information content (AvgIpc) is 3.10. The third kappa shape index (κ3) is 9.01. The number of hydrogen-bond donors (Lipinski definition) is 8. The monoisotopic (exact) mass is 944 g/mol. The van der Waals surface area contributed by atoms with E-state index in [9.17, 15) is 82.6 Å². The first-order valence-corrected chi connectivity index (χ1v) is 24.4. The molecule has 0 fully saturated rings. The Balaban J connectivity index is 1.42. The first-order chi connectivity index (χ1) is 27.4. The molecular formula is C33H24N2O19S6. The van der Waals surface area contributed by atoms with Crippen molar-refractivity contribution >= 4 is 99.7 Å². The molecule has 0 spiro atoms. The highest BCUT2D eigenvalue weighted by atomic mass is 32.2. The Kier molecular flexibility index (Phi) is 11.0. The SMILES string of the molecule is O=C(Nc1cccc(-c2ccc(S(=O)(=O)O)c3cc(S(=O)(=O)O)cc(S(=O)(=O)O)c23)c1)Nc1cccc(-c2ccc(S(=O)(=O)O)c3cc(S(=O)(=O)O)cc(S(=O)(=O)O)c23)c1. The summed E-state index contributed by atoms with van der Waals surface area (Å²) in [6.45, 7) is 0. The average molecular weight is 945 g/mol. The van der Waals surface area contributed by atoms with Crippen molar-refractivity contribution < 1.29 is 82.6 Å². The molecule has 60 heavy (non-hydrogen) atoms. The van der Waals surface area contributed by atoms with E-state index < -0.39 is 118 Å². The fraction of sp³-hybridized carbons (Fsp3) is 0. The number of nitrogens with one attached hydrogen (secondary N) is 2. The minimum absolute atomic E-state index is 0.0182. The van der Waals surface area contributed by atoms with Gasteiger partial charge < -0.3 is 10.6 Å². The molecule has 0 atom stereocenters. The van der Waals surface area contributed by atoms with Gasteiger partial charge in [0.2, 0.25) is 0 Å². The molecule has 8 N–H and O–H groups in total. The highest BCUT2D eigenvalue weighted by Crippen LogP contribution is 2.41. The number of rotatable bonds is 10. The molecule has 0 saturated heterocycles. The fourth-order valence-corrected chi connectivity index (χ4v) is 10.3. The van der Waals surface area contributed by atoms with Crippen LogP contribution in [0.15, 0.2) is 126 Å². The van der Waals surface area contributed by atoms with Gasteiger partial charge in [-0.25, -0.2) is 4.79 Å². The number of hydrogen-bond acceptors (Lipinski definition) is 13. The van der Waals surface area contributed by atoms with Crippen molar-refractivity contribution in [2.24, 2.45) is 0 Å². The molecular weight excluding hydrogens is 921 g/mol. The summed E-state index contributed by atoms with van der Waals surface area (Å²) >= 11 is 0. The molecule has 0 radical (unpaired) electrons. The lowest BCUT2D eigenvalue weighted by atomic mass is 9.97. The molecule has 0 aliphatic heterocycles. The molecule has 0 aliphatic carbocycles. The van der Waals surface area contributed by atoms with Crippen LogP contribution in [0.5, 0.6) is 0 Å². The molecule has 0 saturated carbocycles. The topological polar surface area (TPSA) is 367 Å². The van der Waals surface area contributed by atoms with E-state index in [-0.39, 0.29) is 33.6 Å². The van der Waals surface area contributed by atoms with Gasteiger partial charge in [0.1, 0.15) is 19.6 Å². The van der Waals surface area contributed by atoms with Crippen LogP contribution in [-0.4, -0.2) is 83.9 Å². The maximum absolute atomic E-state index is 13.2. The first kappa shape index (κ1) is 44.1. The van der Waals surface area contributed by atoms with E-state index in [4.69, 9.17) is 0 Å². The van der Waals surface area contributed by atoms with Crippen LogP contribution in [0.4, 0.5) is 16.2 Å². The zero-order chi connectivity index (χ0) is 44.5. The number of amides is 2. The van der Waals surface area contributed by atoms with Crippen LogP contribution >= 0.6 is 0 Å². The van der Waals surface area contributed by atoms with Crippen LogP contribution in [0.2, 0.25) is 0 Å². The molecule has 0 heterocycles. The molecule has 2 amide bonds. The van der Waals surface area contributed by atoms with Gasteiger partial charge in [0.05, 0.1) is 9.79 Å². The molecule has 0 aromatic heterocycles. The number of benzene rings is 6. The summed E-state index contributed by atoms with van der Waals surface area (Å²) < 4.78 is 206. The Morgan fingerprint density at radius 3 is 1.02 bits per heavy atom. The van der Waals surface area contributed by atoms with E-state index in [0.717, 1.165) is 24.3 Å². The summed E-state index contributed by atoms with van der Waals surface area (Å²) in [5, 5.41) is 2.24. The number of carbonyl (C=O) groups is 1. The van der Waals surface area contributed by atoms with E-state index >= 15 is 0 Å². The van der Waals surface area contributed by atoms with E-state index in [0.29, 0.717) is 24.3 Å². The van der Waals surface area contributed by atoms with Crippen molar-refractivity contribution in [3.8, 4) is 22.3 Å². The molecule has 0 unspecified atom stereocenters. The van der Waals surface area contributed by atoms with Crippen molar-refractivity contribution in [2.45, 2.75) is 29.4 Å². The van der Waals surface area contributed by atoms with Crippen LogP contribution in [0.3, 0.4) is 0 Å². The Hall–Kier alpha value is -5.43. The smallest absolute Gasteiger partial charge is 0.308 e.